The maximum absolute atomic E-state index is 12.3. The van der Waals surface area contributed by atoms with Crippen LogP contribution in [0.4, 0.5) is 19.3 Å². The number of nitrogens with one attached hydrogen (secondary N) is 1. The van der Waals surface area contributed by atoms with Gasteiger partial charge in [-0.25, -0.2) is 4.79 Å². The lowest BCUT2D eigenvalue weighted by Gasteiger charge is -2.34. The number of halogens is 2. The van der Waals surface area contributed by atoms with Gasteiger partial charge in [0.15, 0.2) is 0 Å². The van der Waals surface area contributed by atoms with Crippen molar-refractivity contribution < 1.29 is 18.3 Å². The van der Waals surface area contributed by atoms with Gasteiger partial charge in [0.1, 0.15) is 5.75 Å². The van der Waals surface area contributed by atoms with Crippen molar-refractivity contribution in [1.29, 1.82) is 0 Å². The van der Waals surface area contributed by atoms with Crippen LogP contribution in [-0.2, 0) is 6.54 Å². The second-order valence-electron chi connectivity index (χ2n) is 5.73. The number of amides is 2. The summed E-state index contributed by atoms with van der Waals surface area (Å²) in [6.45, 7) is 1.01. The highest BCUT2D eigenvalue weighted by Gasteiger charge is 2.21. The number of carbonyl (C=O) groups is 1. The Morgan fingerprint density at radius 1 is 1.16 bits per heavy atom. The van der Waals surface area contributed by atoms with E-state index in [4.69, 9.17) is 0 Å². The Morgan fingerprint density at radius 2 is 1.88 bits per heavy atom. The highest BCUT2D eigenvalue weighted by Crippen LogP contribution is 2.18. The number of thiophene rings is 1. The molecular weight excluding hydrogens is 348 g/mol. The molecule has 5 nitrogen and oxygen atoms in total. The molecule has 1 aliphatic rings. The third kappa shape index (κ3) is 5.14. The van der Waals surface area contributed by atoms with E-state index in [0.29, 0.717) is 18.8 Å². The van der Waals surface area contributed by atoms with E-state index in [0.717, 1.165) is 19.6 Å². The number of hydrogen-bond donors (Lipinski definition) is 1. The van der Waals surface area contributed by atoms with Crippen LogP contribution in [0, 0.1) is 0 Å². The monoisotopic (exact) mass is 367 g/mol. The highest BCUT2D eigenvalue weighted by molar-refractivity contribution is 7.07. The number of hydrogen-bond acceptors (Lipinski definition) is 4. The maximum atomic E-state index is 12.3. The van der Waals surface area contributed by atoms with Gasteiger partial charge in [0.2, 0.25) is 0 Å². The lowest BCUT2D eigenvalue weighted by molar-refractivity contribution is -0.0498. The molecule has 2 aromatic rings. The minimum Gasteiger partial charge on any atom is -0.435 e. The lowest BCUT2D eigenvalue weighted by Crippen LogP contribution is -2.49. The number of ether oxygens (including phenoxy) is 1. The summed E-state index contributed by atoms with van der Waals surface area (Å²) in [6, 6.07) is 7.83. The molecule has 1 aromatic carbocycles. The van der Waals surface area contributed by atoms with Gasteiger partial charge in [-0.2, -0.15) is 20.1 Å². The van der Waals surface area contributed by atoms with E-state index in [1.165, 1.54) is 17.7 Å². The van der Waals surface area contributed by atoms with Gasteiger partial charge in [-0.1, -0.05) is 0 Å². The Bertz CT molecular complexity index is 672. The molecule has 1 N–H and O–H groups in total. The summed E-state index contributed by atoms with van der Waals surface area (Å²) in [5.74, 6) is 0.0649. The van der Waals surface area contributed by atoms with E-state index >= 15 is 0 Å². The van der Waals surface area contributed by atoms with Crippen LogP contribution in [0.3, 0.4) is 0 Å². The Labute approximate surface area is 148 Å². The second kappa shape index (κ2) is 8.26. The van der Waals surface area contributed by atoms with E-state index in [1.54, 1.807) is 28.4 Å². The Hall–Kier alpha value is -2.19. The minimum atomic E-state index is -2.86. The number of anilines is 1. The SMILES string of the molecule is O=C(Nc1ccc(OC(F)F)cc1)N1CCN(Cc2ccsc2)CC1. The van der Waals surface area contributed by atoms with Gasteiger partial charge in [-0.05, 0) is 46.7 Å². The second-order valence-corrected chi connectivity index (χ2v) is 6.51. The number of rotatable bonds is 5. The molecule has 0 spiro atoms. The third-order valence-corrected chi connectivity index (χ3v) is 4.71. The smallest absolute Gasteiger partial charge is 0.387 e. The summed E-state index contributed by atoms with van der Waals surface area (Å²) in [6.07, 6.45) is 0. The summed E-state index contributed by atoms with van der Waals surface area (Å²) in [4.78, 5) is 16.4. The predicted octanol–water partition coefficient (Wildman–Crippen LogP) is 3.70. The van der Waals surface area contributed by atoms with Crippen LogP contribution in [0.5, 0.6) is 5.75 Å². The van der Waals surface area contributed by atoms with E-state index in [9.17, 15) is 13.6 Å². The molecular formula is C17H19F2N3O2S. The Morgan fingerprint density at radius 3 is 2.48 bits per heavy atom. The fourth-order valence-corrected chi connectivity index (χ4v) is 3.33. The van der Waals surface area contributed by atoms with E-state index < -0.39 is 6.61 Å². The summed E-state index contributed by atoms with van der Waals surface area (Å²) in [5, 5.41) is 6.99. The van der Waals surface area contributed by atoms with Crippen molar-refractivity contribution in [2.75, 3.05) is 31.5 Å². The molecule has 25 heavy (non-hydrogen) atoms. The molecule has 0 aliphatic carbocycles. The van der Waals surface area contributed by atoms with Crippen molar-refractivity contribution in [2.45, 2.75) is 13.2 Å². The van der Waals surface area contributed by atoms with Gasteiger partial charge >= 0.3 is 12.6 Å². The van der Waals surface area contributed by atoms with Gasteiger partial charge in [-0.15, -0.1) is 0 Å². The molecule has 0 atom stereocenters. The zero-order chi connectivity index (χ0) is 17.6. The molecule has 0 saturated carbocycles. The molecule has 8 heteroatoms. The quantitative estimate of drug-likeness (QED) is 0.876. The lowest BCUT2D eigenvalue weighted by atomic mass is 10.2. The fraction of sp³-hybridized carbons (Fsp3) is 0.353. The maximum Gasteiger partial charge on any atom is 0.387 e. The first-order chi connectivity index (χ1) is 12.1. The van der Waals surface area contributed by atoms with Gasteiger partial charge in [-0.3, -0.25) is 4.90 Å². The van der Waals surface area contributed by atoms with Crippen molar-refractivity contribution in [1.82, 2.24) is 9.80 Å². The Balaban J connectivity index is 1.46. The van der Waals surface area contributed by atoms with Crippen LogP contribution >= 0.6 is 11.3 Å². The van der Waals surface area contributed by atoms with Crippen LogP contribution in [0.2, 0.25) is 0 Å². The number of urea groups is 1. The average Bonchev–Trinajstić information content (AvgIpc) is 3.10. The first kappa shape index (κ1) is 17.6. The Kier molecular flexibility index (Phi) is 5.83. The molecule has 2 amide bonds. The average molecular weight is 367 g/mol. The predicted molar refractivity (Wildman–Crippen MR) is 93.3 cm³/mol. The number of benzene rings is 1. The summed E-state index contributed by atoms with van der Waals surface area (Å²) in [7, 11) is 0. The molecule has 3 rings (SSSR count). The normalized spacial score (nSPS) is 15.4. The molecule has 134 valence electrons. The van der Waals surface area contributed by atoms with Crippen molar-refractivity contribution >= 4 is 23.1 Å². The van der Waals surface area contributed by atoms with Gasteiger partial charge in [0, 0.05) is 38.4 Å². The van der Waals surface area contributed by atoms with Crippen molar-refractivity contribution in [2.24, 2.45) is 0 Å². The number of nitrogens with zero attached hydrogens (tertiary/aromatic N) is 2. The van der Waals surface area contributed by atoms with Crippen LogP contribution in [0.1, 0.15) is 5.56 Å². The van der Waals surface area contributed by atoms with Crippen LogP contribution in [0.15, 0.2) is 41.1 Å². The zero-order valence-corrected chi connectivity index (χ0v) is 14.3. The van der Waals surface area contributed by atoms with Crippen molar-refractivity contribution in [3.63, 3.8) is 0 Å². The summed E-state index contributed by atoms with van der Waals surface area (Å²) in [5.41, 5.74) is 1.85. The van der Waals surface area contributed by atoms with Crippen molar-refractivity contribution in [3.8, 4) is 5.75 Å². The molecule has 1 saturated heterocycles. The largest absolute Gasteiger partial charge is 0.435 e. The molecule has 1 aliphatic heterocycles. The van der Waals surface area contributed by atoms with Gasteiger partial charge in [0.25, 0.3) is 0 Å². The van der Waals surface area contributed by atoms with Crippen LogP contribution in [0.25, 0.3) is 0 Å². The van der Waals surface area contributed by atoms with Gasteiger partial charge < -0.3 is 15.0 Å². The zero-order valence-electron chi connectivity index (χ0n) is 13.5. The number of alkyl halides is 2. The molecule has 1 aromatic heterocycles. The van der Waals surface area contributed by atoms with Gasteiger partial charge in [0.05, 0.1) is 0 Å². The number of piperazine rings is 1. The van der Waals surface area contributed by atoms with E-state index in [-0.39, 0.29) is 11.8 Å². The molecule has 2 heterocycles. The molecule has 1 fully saturated rings. The molecule has 0 bridgehead atoms. The van der Waals surface area contributed by atoms with Crippen LogP contribution in [-0.4, -0.2) is 48.6 Å². The summed E-state index contributed by atoms with van der Waals surface area (Å²) < 4.78 is 28.5. The summed E-state index contributed by atoms with van der Waals surface area (Å²) >= 11 is 1.69. The first-order valence-corrected chi connectivity index (χ1v) is 8.88. The highest BCUT2D eigenvalue weighted by atomic mass is 32.1. The third-order valence-electron chi connectivity index (χ3n) is 3.98. The fourth-order valence-electron chi connectivity index (χ4n) is 2.67. The topological polar surface area (TPSA) is 44.8 Å². The van der Waals surface area contributed by atoms with E-state index in [2.05, 4.69) is 31.8 Å². The number of carbonyl (C=O) groups excluding carboxylic acids is 1. The van der Waals surface area contributed by atoms with E-state index in [1.807, 2.05) is 0 Å². The van der Waals surface area contributed by atoms with Crippen LogP contribution < -0.4 is 10.1 Å². The molecule has 0 radical (unpaired) electrons. The standard InChI is InChI=1S/C17H19F2N3O2S/c18-16(19)24-15-3-1-14(2-4-15)20-17(23)22-8-6-21(7-9-22)11-13-5-10-25-12-13/h1-5,10,12,16H,6-9,11H2,(H,20,23). The van der Waals surface area contributed by atoms with Crippen molar-refractivity contribution in [3.05, 3.63) is 46.7 Å². The first-order valence-electron chi connectivity index (χ1n) is 7.94. The molecule has 0 unspecified atom stereocenters. The minimum absolute atomic E-state index is 0.0649.